The molecule has 7 aromatic rings. The standard InChI is InChI=1S/C43H44N4O/c1-26(2)20-33-23-32(27(3)4)22-29(6)42(33)43-30(7)45-47(31(43)8)34-12-11-13-35(24-34)48-36-16-17-38-37-14-9-10-15-39(37)46(40(38)25-36)41-21-28(5)18-19-44-41/h9-19,21-27H,20H2,1-8H3. The van der Waals surface area contributed by atoms with E-state index in [4.69, 9.17) is 14.8 Å². The third-order valence-electron chi connectivity index (χ3n) is 9.35. The highest BCUT2D eigenvalue weighted by atomic mass is 16.5. The molecule has 0 atom stereocenters. The molecule has 4 aromatic carbocycles. The summed E-state index contributed by atoms with van der Waals surface area (Å²) in [5.74, 6) is 3.47. The van der Waals surface area contributed by atoms with Crippen molar-refractivity contribution in [2.45, 2.75) is 67.7 Å². The number of para-hydroxylation sites is 1. The number of hydrogen-bond acceptors (Lipinski definition) is 3. The summed E-state index contributed by atoms with van der Waals surface area (Å²) in [6.45, 7) is 17.8. The lowest BCUT2D eigenvalue weighted by Gasteiger charge is -2.19. The number of aromatic nitrogens is 4. The Morgan fingerprint density at radius 2 is 1.48 bits per heavy atom. The van der Waals surface area contributed by atoms with Crippen molar-refractivity contribution in [2.24, 2.45) is 5.92 Å². The van der Waals surface area contributed by atoms with Crippen LogP contribution in [0.2, 0.25) is 0 Å². The summed E-state index contributed by atoms with van der Waals surface area (Å²) in [5.41, 5.74) is 13.2. The molecule has 0 radical (unpaired) electrons. The van der Waals surface area contributed by atoms with Gasteiger partial charge < -0.3 is 4.74 Å². The predicted octanol–water partition coefficient (Wildman–Crippen LogP) is 11.4. The molecule has 7 rings (SSSR count). The van der Waals surface area contributed by atoms with Gasteiger partial charge in [0.05, 0.1) is 22.4 Å². The first-order valence-electron chi connectivity index (χ1n) is 17.0. The van der Waals surface area contributed by atoms with E-state index >= 15 is 0 Å². The van der Waals surface area contributed by atoms with Crippen LogP contribution in [-0.4, -0.2) is 19.3 Å². The van der Waals surface area contributed by atoms with Gasteiger partial charge in [0.25, 0.3) is 0 Å². The number of aryl methyl sites for hydroxylation is 3. The van der Waals surface area contributed by atoms with E-state index in [0.29, 0.717) is 11.8 Å². The summed E-state index contributed by atoms with van der Waals surface area (Å²) in [5, 5.41) is 7.45. The molecule has 5 nitrogen and oxygen atoms in total. The fraction of sp³-hybridized carbons (Fsp3) is 0.256. The maximum atomic E-state index is 6.56. The minimum atomic E-state index is 0.486. The van der Waals surface area contributed by atoms with Crippen molar-refractivity contribution in [3.8, 4) is 34.1 Å². The topological polar surface area (TPSA) is 44.9 Å². The van der Waals surface area contributed by atoms with Crippen LogP contribution in [0.25, 0.3) is 44.4 Å². The maximum Gasteiger partial charge on any atom is 0.137 e. The Morgan fingerprint density at radius 3 is 2.25 bits per heavy atom. The molecule has 3 aromatic heterocycles. The van der Waals surface area contributed by atoms with Gasteiger partial charge in [0.2, 0.25) is 0 Å². The molecular weight excluding hydrogens is 589 g/mol. The van der Waals surface area contributed by atoms with Crippen molar-refractivity contribution in [3.05, 3.63) is 131 Å². The normalized spacial score (nSPS) is 11.8. The Hall–Kier alpha value is -5.16. The van der Waals surface area contributed by atoms with Crippen LogP contribution < -0.4 is 4.74 Å². The minimum absolute atomic E-state index is 0.486. The molecule has 0 saturated heterocycles. The molecule has 48 heavy (non-hydrogen) atoms. The van der Waals surface area contributed by atoms with E-state index in [1.165, 1.54) is 44.2 Å². The summed E-state index contributed by atoms with van der Waals surface area (Å²) in [7, 11) is 0. The fourth-order valence-corrected chi connectivity index (χ4v) is 7.16. The summed E-state index contributed by atoms with van der Waals surface area (Å²) < 4.78 is 10.9. The number of hydrogen-bond donors (Lipinski definition) is 0. The molecule has 0 aliphatic carbocycles. The van der Waals surface area contributed by atoms with Gasteiger partial charge in [0, 0.05) is 40.4 Å². The molecule has 0 saturated carbocycles. The quantitative estimate of drug-likeness (QED) is 0.167. The average molecular weight is 633 g/mol. The third kappa shape index (κ3) is 5.68. The van der Waals surface area contributed by atoms with Gasteiger partial charge in [0.15, 0.2) is 0 Å². The zero-order chi connectivity index (χ0) is 33.7. The molecule has 3 heterocycles. The number of benzene rings is 4. The molecule has 0 aliphatic rings. The van der Waals surface area contributed by atoms with Crippen LogP contribution in [0.5, 0.6) is 11.5 Å². The van der Waals surface area contributed by atoms with E-state index in [9.17, 15) is 0 Å². The van der Waals surface area contributed by atoms with Crippen LogP contribution in [0, 0.1) is 33.6 Å². The summed E-state index contributed by atoms with van der Waals surface area (Å²) in [6, 6.07) is 32.0. The van der Waals surface area contributed by atoms with Crippen molar-refractivity contribution in [1.82, 2.24) is 19.3 Å². The van der Waals surface area contributed by atoms with E-state index in [-0.39, 0.29) is 0 Å². The molecule has 0 spiro atoms. The zero-order valence-electron chi connectivity index (χ0n) is 29.3. The molecule has 0 N–H and O–H groups in total. The first-order chi connectivity index (χ1) is 23.1. The van der Waals surface area contributed by atoms with E-state index in [0.717, 1.165) is 51.8 Å². The Kier molecular flexibility index (Phi) is 8.16. The number of fused-ring (bicyclic) bond motifs is 3. The first kappa shape index (κ1) is 31.4. The van der Waals surface area contributed by atoms with Crippen molar-refractivity contribution in [1.29, 1.82) is 0 Å². The largest absolute Gasteiger partial charge is 0.457 e. The number of nitrogens with zero attached hydrogens (tertiary/aromatic N) is 4. The van der Waals surface area contributed by atoms with Gasteiger partial charge >= 0.3 is 0 Å². The highest BCUT2D eigenvalue weighted by Gasteiger charge is 2.21. The summed E-state index contributed by atoms with van der Waals surface area (Å²) in [4.78, 5) is 4.73. The molecule has 242 valence electrons. The van der Waals surface area contributed by atoms with Crippen LogP contribution in [0.15, 0.2) is 97.2 Å². The zero-order valence-corrected chi connectivity index (χ0v) is 29.3. The van der Waals surface area contributed by atoms with E-state index in [1.54, 1.807) is 0 Å². The van der Waals surface area contributed by atoms with Gasteiger partial charge in [-0.2, -0.15) is 5.10 Å². The second kappa shape index (κ2) is 12.5. The van der Waals surface area contributed by atoms with Gasteiger partial charge in [-0.3, -0.25) is 4.57 Å². The van der Waals surface area contributed by atoms with Gasteiger partial charge in [-0.05, 0) is 116 Å². The second-order valence-electron chi connectivity index (χ2n) is 13.9. The van der Waals surface area contributed by atoms with E-state index in [1.807, 2.05) is 24.4 Å². The Labute approximate surface area is 283 Å². The van der Waals surface area contributed by atoms with Crippen molar-refractivity contribution >= 4 is 21.8 Å². The molecule has 0 amide bonds. The number of ether oxygens (including phenoxy) is 1. The predicted molar refractivity (Wildman–Crippen MR) is 199 cm³/mol. The Morgan fingerprint density at radius 1 is 0.708 bits per heavy atom. The van der Waals surface area contributed by atoms with Gasteiger partial charge in [-0.1, -0.05) is 64.1 Å². The van der Waals surface area contributed by atoms with Gasteiger partial charge in [-0.25, -0.2) is 9.67 Å². The highest BCUT2D eigenvalue weighted by Crippen LogP contribution is 2.38. The highest BCUT2D eigenvalue weighted by molar-refractivity contribution is 6.09. The van der Waals surface area contributed by atoms with Crippen LogP contribution in [0.3, 0.4) is 0 Å². The minimum Gasteiger partial charge on any atom is -0.457 e. The monoisotopic (exact) mass is 632 g/mol. The van der Waals surface area contributed by atoms with E-state index < -0.39 is 0 Å². The van der Waals surface area contributed by atoms with E-state index in [2.05, 4.69) is 137 Å². The van der Waals surface area contributed by atoms with Crippen LogP contribution >= 0.6 is 0 Å². The van der Waals surface area contributed by atoms with Crippen molar-refractivity contribution in [3.63, 3.8) is 0 Å². The molecule has 5 heteroatoms. The number of pyridine rings is 1. The second-order valence-corrected chi connectivity index (χ2v) is 13.9. The molecule has 0 unspecified atom stereocenters. The summed E-state index contributed by atoms with van der Waals surface area (Å²) in [6.07, 6.45) is 2.90. The first-order valence-corrected chi connectivity index (χ1v) is 17.0. The lowest BCUT2D eigenvalue weighted by atomic mass is 9.86. The van der Waals surface area contributed by atoms with Crippen molar-refractivity contribution < 1.29 is 4.74 Å². The molecular formula is C43H44N4O. The molecule has 0 aliphatic heterocycles. The van der Waals surface area contributed by atoms with Crippen LogP contribution in [-0.2, 0) is 6.42 Å². The Balaban J connectivity index is 1.27. The van der Waals surface area contributed by atoms with Gasteiger partial charge in [0.1, 0.15) is 17.3 Å². The van der Waals surface area contributed by atoms with Gasteiger partial charge in [-0.15, -0.1) is 0 Å². The lowest BCUT2D eigenvalue weighted by Crippen LogP contribution is -2.03. The average Bonchev–Trinajstić information content (AvgIpc) is 3.53. The summed E-state index contributed by atoms with van der Waals surface area (Å²) >= 11 is 0. The third-order valence-corrected chi connectivity index (χ3v) is 9.35. The fourth-order valence-electron chi connectivity index (χ4n) is 7.16. The smallest absolute Gasteiger partial charge is 0.137 e. The molecule has 0 bridgehead atoms. The van der Waals surface area contributed by atoms with Crippen LogP contribution in [0.1, 0.15) is 67.3 Å². The maximum absolute atomic E-state index is 6.56. The molecule has 0 fully saturated rings. The number of rotatable bonds is 8. The lowest BCUT2D eigenvalue weighted by molar-refractivity contribution is 0.482. The van der Waals surface area contributed by atoms with Crippen LogP contribution in [0.4, 0.5) is 0 Å². The van der Waals surface area contributed by atoms with Crippen molar-refractivity contribution in [2.75, 3.05) is 0 Å². The Bertz CT molecular complexity index is 2300. The SMILES string of the molecule is Cc1ccnc(-n2c3ccccc3c3ccc(Oc4cccc(-n5nc(C)c(-c6c(C)cc(C(C)C)cc6CC(C)C)c5C)c4)cc32)c1.